The van der Waals surface area contributed by atoms with Gasteiger partial charge < -0.3 is 10.2 Å². The zero-order chi connectivity index (χ0) is 24.4. The second-order valence-electron chi connectivity index (χ2n) is 8.45. The molecule has 34 heavy (non-hydrogen) atoms. The number of benzene rings is 2. The summed E-state index contributed by atoms with van der Waals surface area (Å²) in [4.78, 5) is 25.7. The average Bonchev–Trinajstić information content (AvgIpc) is 3.08. The molecular formula is C25H27N5O4. The second kappa shape index (κ2) is 9.48. The summed E-state index contributed by atoms with van der Waals surface area (Å²) >= 11 is 0. The molecule has 0 bridgehead atoms. The van der Waals surface area contributed by atoms with Crippen LogP contribution in [0.1, 0.15) is 30.0 Å². The van der Waals surface area contributed by atoms with Crippen LogP contribution in [0.5, 0.6) is 5.75 Å². The van der Waals surface area contributed by atoms with Gasteiger partial charge in [0.2, 0.25) is 0 Å². The number of aryl methyl sites for hydroxylation is 2. The normalized spacial score (nSPS) is 17.7. The van der Waals surface area contributed by atoms with E-state index in [9.17, 15) is 14.7 Å². The van der Waals surface area contributed by atoms with Crippen molar-refractivity contribution in [3.63, 3.8) is 0 Å². The number of hydrogen-bond donors (Lipinski definition) is 3. The van der Waals surface area contributed by atoms with E-state index in [2.05, 4.69) is 15.6 Å². The first kappa shape index (κ1) is 23.2. The van der Waals surface area contributed by atoms with Crippen LogP contribution in [-0.2, 0) is 9.59 Å². The first-order valence-electron chi connectivity index (χ1n) is 11.0. The highest BCUT2D eigenvalue weighted by Crippen LogP contribution is 2.35. The van der Waals surface area contributed by atoms with Gasteiger partial charge in [0.25, 0.3) is 0 Å². The molecule has 2 aliphatic rings. The minimum Gasteiger partial charge on any atom is -0.505 e. The van der Waals surface area contributed by atoms with Gasteiger partial charge in [0, 0.05) is 18.7 Å². The number of hydrazone groups is 2. The Kier molecular flexibility index (Phi) is 6.47. The van der Waals surface area contributed by atoms with Crippen LogP contribution >= 0.6 is 0 Å². The average molecular weight is 462 g/mol. The molecule has 0 fully saturated rings. The van der Waals surface area contributed by atoms with Crippen LogP contribution in [0.3, 0.4) is 0 Å². The zero-order valence-corrected chi connectivity index (χ0v) is 19.4. The molecule has 9 heteroatoms. The fourth-order valence-electron chi connectivity index (χ4n) is 3.96. The van der Waals surface area contributed by atoms with Crippen molar-refractivity contribution in [2.24, 2.45) is 10.2 Å². The van der Waals surface area contributed by atoms with E-state index in [0.717, 1.165) is 16.7 Å². The summed E-state index contributed by atoms with van der Waals surface area (Å²) in [5.41, 5.74) is 8.27. The Balaban J connectivity index is 1.51. The number of aromatic hydroxyl groups is 1. The summed E-state index contributed by atoms with van der Waals surface area (Å²) in [5.74, 6) is -1.19. The summed E-state index contributed by atoms with van der Waals surface area (Å²) in [7, 11) is 0. The lowest BCUT2D eigenvalue weighted by molar-refractivity contribution is -0.138. The molecule has 2 aromatic carbocycles. The third-order valence-electron chi connectivity index (χ3n) is 6.04. The van der Waals surface area contributed by atoms with E-state index in [0.29, 0.717) is 42.2 Å². The number of aliphatic carboxylic acids is 1. The van der Waals surface area contributed by atoms with Gasteiger partial charge in [-0.3, -0.25) is 19.9 Å². The van der Waals surface area contributed by atoms with Crippen LogP contribution in [-0.4, -0.2) is 58.0 Å². The van der Waals surface area contributed by atoms with Gasteiger partial charge in [0.05, 0.1) is 23.6 Å². The number of para-hydroxylation sites is 1. The van der Waals surface area contributed by atoms with Crippen LogP contribution in [0.15, 0.2) is 52.7 Å². The molecule has 0 aliphatic carbocycles. The smallest absolute Gasteiger partial charge is 0.317 e. The third-order valence-corrected chi connectivity index (χ3v) is 6.04. The lowest BCUT2D eigenvalue weighted by Crippen LogP contribution is -2.33. The van der Waals surface area contributed by atoms with E-state index in [1.54, 1.807) is 25.1 Å². The molecule has 176 valence electrons. The molecule has 2 aliphatic heterocycles. The number of anilines is 2. The number of phenolic OH excluding ortho intramolecular Hbond substituents is 1. The summed E-state index contributed by atoms with van der Waals surface area (Å²) < 4.78 is 0. The SMILES string of the molecule is CC1=NN(c2ccc(C)c(C)c2)C(=O)/C1=N\Nc1cccc(C2=CCN(CC(=O)O)CC2)c1O. The Hall–Kier alpha value is -3.98. The number of phenols is 1. The van der Waals surface area contributed by atoms with E-state index in [1.165, 1.54) is 5.01 Å². The first-order valence-corrected chi connectivity index (χ1v) is 11.0. The van der Waals surface area contributed by atoms with Crippen LogP contribution in [0.25, 0.3) is 5.57 Å². The van der Waals surface area contributed by atoms with Crippen LogP contribution in [0.4, 0.5) is 11.4 Å². The van der Waals surface area contributed by atoms with Crippen LogP contribution in [0, 0.1) is 13.8 Å². The van der Waals surface area contributed by atoms with Crippen LogP contribution in [0.2, 0.25) is 0 Å². The van der Waals surface area contributed by atoms with Crippen LogP contribution < -0.4 is 10.4 Å². The van der Waals surface area contributed by atoms with Crippen molar-refractivity contribution in [1.29, 1.82) is 0 Å². The number of nitrogens with zero attached hydrogens (tertiary/aromatic N) is 4. The summed E-state index contributed by atoms with van der Waals surface area (Å²) in [5, 5.41) is 29.7. The second-order valence-corrected chi connectivity index (χ2v) is 8.45. The maximum absolute atomic E-state index is 13.0. The largest absolute Gasteiger partial charge is 0.505 e. The molecule has 0 unspecified atom stereocenters. The molecule has 2 heterocycles. The van der Waals surface area contributed by atoms with Crippen molar-refractivity contribution in [2.45, 2.75) is 27.2 Å². The van der Waals surface area contributed by atoms with Gasteiger partial charge in [0.1, 0.15) is 5.75 Å². The number of nitrogens with one attached hydrogen (secondary N) is 1. The van der Waals surface area contributed by atoms with Gasteiger partial charge in [-0.05, 0) is 62.1 Å². The molecule has 9 nitrogen and oxygen atoms in total. The highest BCUT2D eigenvalue weighted by atomic mass is 16.4. The molecule has 0 radical (unpaired) electrons. The topological polar surface area (TPSA) is 118 Å². The molecule has 2 aromatic rings. The van der Waals surface area contributed by atoms with Gasteiger partial charge in [-0.25, -0.2) is 0 Å². The molecule has 0 spiro atoms. The van der Waals surface area contributed by atoms with Gasteiger partial charge in [-0.15, -0.1) is 0 Å². The Labute approximate surface area is 197 Å². The standard InChI is InChI=1S/C25H27N5O4/c1-15-7-8-19(13-16(15)2)30-25(34)23(17(3)28-30)27-26-21-6-4-5-20(24(21)33)18-9-11-29(12-10-18)14-22(31)32/h4-9,13,26,33H,10-12,14H2,1-3H3,(H,31,32)/b27-23-. The van der Waals surface area contributed by atoms with Crippen molar-refractivity contribution in [3.8, 4) is 5.75 Å². The Morgan fingerprint density at radius 1 is 1.18 bits per heavy atom. The molecule has 0 saturated heterocycles. The third kappa shape index (κ3) is 4.69. The first-order chi connectivity index (χ1) is 16.2. The number of carbonyl (C=O) groups excluding carboxylic acids is 1. The molecule has 0 saturated carbocycles. The maximum atomic E-state index is 13.0. The Morgan fingerprint density at radius 3 is 2.65 bits per heavy atom. The number of amides is 1. The van der Waals surface area contributed by atoms with E-state index < -0.39 is 5.97 Å². The number of rotatable bonds is 6. The lowest BCUT2D eigenvalue weighted by atomic mass is 9.98. The molecule has 1 amide bonds. The van der Waals surface area contributed by atoms with Crippen molar-refractivity contribution < 1.29 is 19.8 Å². The molecule has 3 N–H and O–H groups in total. The molecular weight excluding hydrogens is 434 g/mol. The summed E-state index contributed by atoms with van der Waals surface area (Å²) in [6.45, 7) is 6.78. The predicted octanol–water partition coefficient (Wildman–Crippen LogP) is 3.37. The minimum absolute atomic E-state index is 0.0110. The minimum atomic E-state index is -0.860. The van der Waals surface area contributed by atoms with E-state index in [4.69, 9.17) is 5.11 Å². The van der Waals surface area contributed by atoms with Crippen molar-refractivity contribution in [1.82, 2.24) is 4.90 Å². The molecule has 0 atom stereocenters. The lowest BCUT2D eigenvalue weighted by Gasteiger charge is -2.25. The number of carboxylic acid groups (broad SMARTS) is 1. The predicted molar refractivity (Wildman–Crippen MR) is 132 cm³/mol. The van der Waals surface area contributed by atoms with Gasteiger partial charge in [-0.2, -0.15) is 15.2 Å². The van der Waals surface area contributed by atoms with Crippen molar-refractivity contribution in [3.05, 3.63) is 59.2 Å². The molecule has 0 aromatic heterocycles. The quantitative estimate of drug-likeness (QED) is 0.448. The highest BCUT2D eigenvalue weighted by Gasteiger charge is 2.31. The number of carboxylic acids is 1. The fourth-order valence-corrected chi connectivity index (χ4v) is 3.96. The summed E-state index contributed by atoms with van der Waals surface area (Å²) in [6, 6.07) is 11.0. The molecule has 4 rings (SSSR count). The van der Waals surface area contributed by atoms with E-state index >= 15 is 0 Å². The fraction of sp³-hybridized carbons (Fsp3) is 0.280. The maximum Gasteiger partial charge on any atom is 0.317 e. The number of carbonyl (C=O) groups is 2. The number of hydrogen-bond acceptors (Lipinski definition) is 7. The summed E-state index contributed by atoms with van der Waals surface area (Å²) in [6.07, 6.45) is 2.55. The monoisotopic (exact) mass is 461 g/mol. The van der Waals surface area contributed by atoms with E-state index in [-0.39, 0.29) is 23.9 Å². The van der Waals surface area contributed by atoms with Crippen molar-refractivity contribution >= 4 is 40.2 Å². The van der Waals surface area contributed by atoms with Gasteiger partial charge in [-0.1, -0.05) is 24.3 Å². The highest BCUT2D eigenvalue weighted by molar-refractivity contribution is 6.71. The van der Waals surface area contributed by atoms with Crippen molar-refractivity contribution in [2.75, 3.05) is 30.1 Å². The Bertz CT molecular complexity index is 1250. The van der Waals surface area contributed by atoms with E-state index in [1.807, 2.05) is 43.0 Å². The Morgan fingerprint density at radius 2 is 1.97 bits per heavy atom. The van der Waals surface area contributed by atoms with Gasteiger partial charge in [0.15, 0.2) is 5.71 Å². The zero-order valence-electron chi connectivity index (χ0n) is 19.4. The van der Waals surface area contributed by atoms with Gasteiger partial charge >= 0.3 is 11.9 Å².